The maximum absolute atomic E-state index is 11.8. The number of aromatic carboxylic acids is 1. The summed E-state index contributed by atoms with van der Waals surface area (Å²) in [5.41, 5.74) is 0.490. The van der Waals surface area contributed by atoms with Gasteiger partial charge in [-0.15, -0.1) is 12.3 Å². The van der Waals surface area contributed by atoms with Crippen molar-refractivity contribution in [1.82, 2.24) is 0 Å². The van der Waals surface area contributed by atoms with E-state index in [0.29, 0.717) is 16.7 Å². The van der Waals surface area contributed by atoms with E-state index in [2.05, 4.69) is 21.9 Å². The van der Waals surface area contributed by atoms with Gasteiger partial charge in [-0.3, -0.25) is 4.79 Å². The maximum Gasteiger partial charge on any atom is 0.337 e. The molecule has 1 aliphatic heterocycles. The number of amides is 1. The van der Waals surface area contributed by atoms with E-state index in [-0.39, 0.29) is 23.8 Å². The summed E-state index contributed by atoms with van der Waals surface area (Å²) in [7, 11) is 0. The second-order valence-electron chi connectivity index (χ2n) is 4.04. The number of halogens is 1. The van der Waals surface area contributed by atoms with Gasteiger partial charge in [0.1, 0.15) is 0 Å². The van der Waals surface area contributed by atoms with Crippen LogP contribution < -0.4 is 4.90 Å². The van der Waals surface area contributed by atoms with Crippen LogP contribution in [0.4, 0.5) is 5.69 Å². The van der Waals surface area contributed by atoms with Gasteiger partial charge in [-0.25, -0.2) is 4.79 Å². The van der Waals surface area contributed by atoms with Crippen molar-refractivity contribution in [2.75, 3.05) is 11.4 Å². The summed E-state index contributed by atoms with van der Waals surface area (Å²) < 4.78 is 0.656. The zero-order chi connectivity index (χ0) is 13.3. The molecule has 1 aromatic carbocycles. The van der Waals surface area contributed by atoms with E-state index in [9.17, 15) is 9.59 Å². The van der Waals surface area contributed by atoms with Gasteiger partial charge >= 0.3 is 5.97 Å². The summed E-state index contributed by atoms with van der Waals surface area (Å²) in [6.07, 6.45) is 5.58. The van der Waals surface area contributed by atoms with Crippen LogP contribution in [0.5, 0.6) is 0 Å². The van der Waals surface area contributed by atoms with Crippen LogP contribution in [0.1, 0.15) is 16.8 Å². The van der Waals surface area contributed by atoms with E-state index >= 15 is 0 Å². The predicted molar refractivity (Wildman–Crippen MR) is 70.4 cm³/mol. The van der Waals surface area contributed by atoms with E-state index in [1.165, 1.54) is 11.0 Å². The molecule has 0 aromatic heterocycles. The summed E-state index contributed by atoms with van der Waals surface area (Å²) in [5, 5.41) is 9.16. The molecule has 1 aliphatic rings. The second kappa shape index (κ2) is 4.83. The number of carboxylic acids is 1. The molecule has 92 valence electrons. The fourth-order valence-corrected chi connectivity index (χ4v) is 2.33. The molecule has 5 heteroatoms. The Labute approximate surface area is 113 Å². The van der Waals surface area contributed by atoms with Crippen molar-refractivity contribution in [1.29, 1.82) is 0 Å². The van der Waals surface area contributed by atoms with Crippen molar-refractivity contribution in [2.24, 2.45) is 5.92 Å². The minimum atomic E-state index is -1.07. The maximum atomic E-state index is 11.8. The van der Waals surface area contributed by atoms with Crippen LogP contribution in [0.15, 0.2) is 22.7 Å². The largest absolute Gasteiger partial charge is 0.478 e. The summed E-state index contributed by atoms with van der Waals surface area (Å²) in [4.78, 5) is 24.5. The topological polar surface area (TPSA) is 57.6 Å². The molecule has 1 atom stereocenters. The number of hydrogen-bond acceptors (Lipinski definition) is 2. The summed E-state index contributed by atoms with van der Waals surface area (Å²) in [5.74, 6) is 1.18. The standard InChI is InChI=1S/C13H10BrNO3/c1-2-8-5-12(16)15(7-8)11-4-3-9(14)6-10(11)13(17)18/h1,3-4,6,8H,5,7H2,(H,17,18). The smallest absolute Gasteiger partial charge is 0.337 e. The van der Waals surface area contributed by atoms with Crippen LogP contribution >= 0.6 is 15.9 Å². The number of rotatable bonds is 2. The van der Waals surface area contributed by atoms with Gasteiger partial charge in [-0.1, -0.05) is 15.9 Å². The minimum Gasteiger partial charge on any atom is -0.478 e. The Morgan fingerprint density at radius 1 is 1.56 bits per heavy atom. The van der Waals surface area contributed by atoms with E-state index in [0.717, 1.165) is 0 Å². The first-order chi connectivity index (χ1) is 8.52. The molecule has 1 heterocycles. The molecule has 4 nitrogen and oxygen atoms in total. The molecule has 0 bridgehead atoms. The first-order valence-electron chi connectivity index (χ1n) is 5.32. The molecule has 0 aliphatic carbocycles. The Morgan fingerprint density at radius 3 is 2.83 bits per heavy atom. The number of carbonyl (C=O) groups is 2. The quantitative estimate of drug-likeness (QED) is 0.852. The predicted octanol–water partition coefficient (Wildman–Crippen LogP) is 2.13. The van der Waals surface area contributed by atoms with Crippen molar-refractivity contribution in [3.63, 3.8) is 0 Å². The Bertz CT molecular complexity index is 562. The molecular weight excluding hydrogens is 298 g/mol. The highest BCUT2D eigenvalue weighted by Gasteiger charge is 2.31. The zero-order valence-electron chi connectivity index (χ0n) is 9.39. The summed E-state index contributed by atoms with van der Waals surface area (Å²) in [6, 6.07) is 4.80. The highest BCUT2D eigenvalue weighted by molar-refractivity contribution is 9.10. The molecule has 1 fully saturated rings. The van der Waals surface area contributed by atoms with E-state index in [1.54, 1.807) is 12.1 Å². The third kappa shape index (κ3) is 2.24. The number of benzene rings is 1. The van der Waals surface area contributed by atoms with Gasteiger partial charge < -0.3 is 10.0 Å². The lowest BCUT2D eigenvalue weighted by Gasteiger charge is -2.18. The Morgan fingerprint density at radius 2 is 2.28 bits per heavy atom. The lowest BCUT2D eigenvalue weighted by Crippen LogP contribution is -2.26. The number of carboxylic acid groups (broad SMARTS) is 1. The van der Waals surface area contributed by atoms with E-state index in [1.807, 2.05) is 0 Å². The SMILES string of the molecule is C#CC1CC(=O)N(c2ccc(Br)cc2C(=O)O)C1. The van der Waals surface area contributed by atoms with Gasteiger partial charge in [-0.05, 0) is 18.2 Å². The summed E-state index contributed by atoms with van der Waals surface area (Å²) >= 11 is 3.21. The lowest BCUT2D eigenvalue weighted by atomic mass is 10.1. The molecule has 0 spiro atoms. The van der Waals surface area contributed by atoms with E-state index in [4.69, 9.17) is 11.5 Å². The molecule has 1 aromatic rings. The van der Waals surface area contributed by atoms with Crippen molar-refractivity contribution >= 4 is 33.5 Å². The second-order valence-corrected chi connectivity index (χ2v) is 4.95. The van der Waals surface area contributed by atoms with Crippen molar-refractivity contribution in [2.45, 2.75) is 6.42 Å². The fourth-order valence-electron chi connectivity index (χ4n) is 1.97. The molecule has 1 unspecified atom stereocenters. The number of anilines is 1. The molecule has 1 saturated heterocycles. The van der Waals surface area contributed by atoms with Crippen LogP contribution in [-0.2, 0) is 4.79 Å². The highest BCUT2D eigenvalue weighted by Crippen LogP contribution is 2.30. The van der Waals surface area contributed by atoms with Crippen molar-refractivity contribution in [3.05, 3.63) is 28.2 Å². The molecule has 0 radical (unpaired) electrons. The Hall–Kier alpha value is -1.80. The van der Waals surface area contributed by atoms with Crippen LogP contribution in [0.3, 0.4) is 0 Å². The number of nitrogens with zero attached hydrogens (tertiary/aromatic N) is 1. The third-order valence-electron chi connectivity index (χ3n) is 2.84. The normalized spacial score (nSPS) is 18.8. The average Bonchev–Trinajstić information content (AvgIpc) is 2.70. The van der Waals surface area contributed by atoms with E-state index < -0.39 is 5.97 Å². The third-order valence-corrected chi connectivity index (χ3v) is 3.33. The average molecular weight is 308 g/mol. The van der Waals surface area contributed by atoms with Gasteiger partial charge in [0.25, 0.3) is 0 Å². The van der Waals surface area contributed by atoms with Crippen LogP contribution in [0.2, 0.25) is 0 Å². The molecule has 18 heavy (non-hydrogen) atoms. The first kappa shape index (κ1) is 12.7. The fraction of sp³-hybridized carbons (Fsp3) is 0.231. The van der Waals surface area contributed by atoms with Gasteiger partial charge in [0.05, 0.1) is 11.3 Å². The summed E-state index contributed by atoms with van der Waals surface area (Å²) in [6.45, 7) is 0.372. The van der Waals surface area contributed by atoms with Gasteiger partial charge in [0.15, 0.2) is 0 Å². The Balaban J connectivity index is 2.43. The molecule has 1 amide bonds. The molecular formula is C13H10BrNO3. The highest BCUT2D eigenvalue weighted by atomic mass is 79.9. The number of terminal acetylenes is 1. The monoisotopic (exact) mass is 307 g/mol. The first-order valence-corrected chi connectivity index (χ1v) is 6.11. The van der Waals surface area contributed by atoms with Gasteiger partial charge in [-0.2, -0.15) is 0 Å². The number of hydrogen-bond donors (Lipinski definition) is 1. The van der Waals surface area contributed by atoms with Crippen molar-refractivity contribution < 1.29 is 14.7 Å². The molecule has 1 N–H and O–H groups in total. The van der Waals surface area contributed by atoms with Gasteiger partial charge in [0, 0.05) is 23.4 Å². The number of carbonyl (C=O) groups excluding carboxylic acids is 1. The zero-order valence-corrected chi connectivity index (χ0v) is 11.0. The van der Waals surface area contributed by atoms with Crippen LogP contribution in [0, 0.1) is 18.3 Å². The van der Waals surface area contributed by atoms with Crippen molar-refractivity contribution in [3.8, 4) is 12.3 Å². The van der Waals surface area contributed by atoms with Crippen LogP contribution in [0.25, 0.3) is 0 Å². The minimum absolute atomic E-state index is 0.0930. The Kier molecular flexibility index (Phi) is 3.39. The lowest BCUT2D eigenvalue weighted by molar-refractivity contribution is -0.117. The van der Waals surface area contributed by atoms with Gasteiger partial charge in [0.2, 0.25) is 5.91 Å². The van der Waals surface area contributed by atoms with Crippen LogP contribution in [-0.4, -0.2) is 23.5 Å². The molecule has 0 saturated carbocycles. The molecule has 2 rings (SSSR count).